The van der Waals surface area contributed by atoms with E-state index in [1.807, 2.05) is 6.92 Å². The summed E-state index contributed by atoms with van der Waals surface area (Å²) in [6.45, 7) is 1.90. The molecule has 1 fully saturated rings. The highest BCUT2D eigenvalue weighted by molar-refractivity contribution is 5.07. The molecule has 0 radical (unpaired) electrons. The van der Waals surface area contributed by atoms with E-state index in [1.165, 1.54) is 0 Å². The number of hydrogen-bond acceptors (Lipinski definition) is 5. The summed E-state index contributed by atoms with van der Waals surface area (Å²) in [6.07, 6.45) is 1.20. The van der Waals surface area contributed by atoms with E-state index < -0.39 is 6.04 Å². The minimum absolute atomic E-state index is 0.150. The number of hydrogen-bond donors (Lipinski definition) is 0. The van der Waals surface area contributed by atoms with Gasteiger partial charge in [-0.25, -0.2) is 0 Å². The summed E-state index contributed by atoms with van der Waals surface area (Å²) in [5.41, 5.74) is 0. The summed E-state index contributed by atoms with van der Waals surface area (Å²) >= 11 is 0. The van der Waals surface area contributed by atoms with Crippen LogP contribution in [-0.2, 0) is 6.42 Å². The minimum atomic E-state index is -0.509. The Morgan fingerprint density at radius 1 is 1.69 bits per heavy atom. The van der Waals surface area contributed by atoms with Crippen LogP contribution in [0.5, 0.6) is 0 Å². The van der Waals surface area contributed by atoms with Gasteiger partial charge in [-0.15, -0.1) is 10.2 Å². The summed E-state index contributed by atoms with van der Waals surface area (Å²) in [7, 11) is 0. The first-order valence-corrected chi connectivity index (χ1v) is 4.18. The van der Waals surface area contributed by atoms with Gasteiger partial charge >= 0.3 is 0 Å². The molecule has 6 heteroatoms. The van der Waals surface area contributed by atoms with Crippen molar-refractivity contribution in [1.82, 2.24) is 10.2 Å². The smallest absolute Gasteiger partial charge is 0.226 e. The van der Waals surface area contributed by atoms with Crippen LogP contribution in [0.4, 0.5) is 0 Å². The topological polar surface area (TPSA) is 82.1 Å². The lowest BCUT2D eigenvalue weighted by Gasteiger charge is -1.86. The Kier molecular flexibility index (Phi) is 1.75. The average molecular weight is 183 g/mol. The zero-order valence-corrected chi connectivity index (χ0v) is 7.14. The molecule has 0 bridgehead atoms. The van der Waals surface area contributed by atoms with Crippen molar-refractivity contribution in [3.8, 4) is 0 Å². The maximum absolute atomic E-state index is 10.3. The molecule has 0 aromatic carbocycles. The van der Waals surface area contributed by atoms with Crippen LogP contribution in [0, 0.1) is 10.1 Å². The van der Waals surface area contributed by atoms with Gasteiger partial charge in [-0.3, -0.25) is 10.1 Å². The highest BCUT2D eigenvalue weighted by Crippen LogP contribution is 2.41. The number of rotatable bonds is 3. The molecule has 2 atom stereocenters. The van der Waals surface area contributed by atoms with Gasteiger partial charge in [0, 0.05) is 17.8 Å². The highest BCUT2D eigenvalue weighted by atomic mass is 16.6. The first kappa shape index (κ1) is 8.15. The third-order valence-corrected chi connectivity index (χ3v) is 2.13. The molecule has 0 spiro atoms. The van der Waals surface area contributed by atoms with Crippen molar-refractivity contribution in [3.05, 3.63) is 21.9 Å². The van der Waals surface area contributed by atoms with Crippen molar-refractivity contribution >= 4 is 0 Å². The van der Waals surface area contributed by atoms with E-state index >= 15 is 0 Å². The Morgan fingerprint density at radius 2 is 2.46 bits per heavy atom. The molecule has 13 heavy (non-hydrogen) atoms. The molecule has 0 aliphatic heterocycles. The molecule has 6 nitrogen and oxygen atoms in total. The van der Waals surface area contributed by atoms with E-state index in [4.69, 9.17) is 4.42 Å². The summed E-state index contributed by atoms with van der Waals surface area (Å²) in [5.74, 6) is 0.811. The molecule has 0 saturated heterocycles. The van der Waals surface area contributed by atoms with Crippen molar-refractivity contribution in [1.29, 1.82) is 0 Å². The Hall–Kier alpha value is -1.46. The third-order valence-electron chi connectivity index (χ3n) is 2.13. The summed E-state index contributed by atoms with van der Waals surface area (Å²) in [5, 5.41) is 17.8. The quantitative estimate of drug-likeness (QED) is 0.510. The van der Waals surface area contributed by atoms with E-state index in [9.17, 15) is 10.1 Å². The van der Waals surface area contributed by atoms with Crippen molar-refractivity contribution < 1.29 is 9.34 Å². The van der Waals surface area contributed by atoms with Gasteiger partial charge in [0.05, 0.1) is 0 Å². The second-order valence-electron chi connectivity index (χ2n) is 3.08. The second kappa shape index (κ2) is 2.79. The number of nitrogens with zero attached hydrogens (tertiary/aromatic N) is 3. The molecule has 1 aromatic rings. The SMILES string of the molecule is CCc1nnc([C@H]2C[C@@H]2[N+](=O)[O-])o1. The molecule has 1 saturated carbocycles. The Bertz CT molecular complexity index is 335. The van der Waals surface area contributed by atoms with Crippen LogP contribution in [0.1, 0.15) is 31.0 Å². The maximum Gasteiger partial charge on any atom is 0.226 e. The van der Waals surface area contributed by atoms with E-state index in [0.717, 1.165) is 0 Å². The van der Waals surface area contributed by atoms with Gasteiger partial charge in [-0.1, -0.05) is 6.92 Å². The normalized spacial score (nSPS) is 25.9. The lowest BCUT2D eigenvalue weighted by atomic mass is 10.4. The standard InChI is InChI=1S/C7H9N3O3/c1-2-6-8-9-7(13-6)4-3-5(4)10(11)12/h4-5H,2-3H2,1H3/t4-,5-/m0/s1. The van der Waals surface area contributed by atoms with E-state index in [-0.39, 0.29) is 10.8 Å². The Balaban J connectivity index is 2.07. The summed E-state index contributed by atoms with van der Waals surface area (Å²) < 4.78 is 5.21. The molecule has 70 valence electrons. The van der Waals surface area contributed by atoms with Gasteiger partial charge in [-0.2, -0.15) is 0 Å². The van der Waals surface area contributed by atoms with Gasteiger partial charge in [0.1, 0.15) is 5.92 Å². The molecule has 1 aromatic heterocycles. The predicted molar refractivity (Wildman–Crippen MR) is 41.8 cm³/mol. The van der Waals surface area contributed by atoms with Crippen LogP contribution in [0.15, 0.2) is 4.42 Å². The molecule has 0 amide bonds. The average Bonchev–Trinajstić information content (AvgIpc) is 2.78. The predicted octanol–water partition coefficient (Wildman–Crippen LogP) is 0.765. The first-order valence-electron chi connectivity index (χ1n) is 4.18. The minimum Gasteiger partial charge on any atom is -0.425 e. The van der Waals surface area contributed by atoms with Crippen LogP contribution in [0.25, 0.3) is 0 Å². The molecule has 2 rings (SSSR count). The number of aromatic nitrogens is 2. The Labute approximate surface area is 74.1 Å². The highest BCUT2D eigenvalue weighted by Gasteiger charge is 2.52. The van der Waals surface area contributed by atoms with Gasteiger partial charge < -0.3 is 4.42 Å². The molecule has 1 aliphatic carbocycles. The first-order chi connectivity index (χ1) is 6.22. The molecular weight excluding hydrogens is 174 g/mol. The van der Waals surface area contributed by atoms with Crippen molar-refractivity contribution in [2.75, 3.05) is 0 Å². The largest absolute Gasteiger partial charge is 0.425 e. The van der Waals surface area contributed by atoms with Gasteiger partial charge in [0.15, 0.2) is 0 Å². The lowest BCUT2D eigenvalue weighted by Crippen LogP contribution is -2.02. The molecule has 0 N–H and O–H groups in total. The van der Waals surface area contributed by atoms with E-state index in [0.29, 0.717) is 24.6 Å². The molecular formula is C7H9N3O3. The van der Waals surface area contributed by atoms with E-state index in [2.05, 4.69) is 10.2 Å². The summed E-state index contributed by atoms with van der Waals surface area (Å²) in [4.78, 5) is 10.0. The van der Waals surface area contributed by atoms with Crippen LogP contribution in [0.2, 0.25) is 0 Å². The van der Waals surface area contributed by atoms with Crippen molar-refractivity contribution in [3.63, 3.8) is 0 Å². The fraction of sp³-hybridized carbons (Fsp3) is 0.714. The van der Waals surface area contributed by atoms with Crippen LogP contribution < -0.4 is 0 Å². The fourth-order valence-electron chi connectivity index (χ4n) is 1.24. The monoisotopic (exact) mass is 183 g/mol. The zero-order valence-electron chi connectivity index (χ0n) is 7.14. The third kappa shape index (κ3) is 1.39. The van der Waals surface area contributed by atoms with Crippen LogP contribution >= 0.6 is 0 Å². The molecule has 1 aliphatic rings. The number of aryl methyl sites for hydroxylation is 1. The van der Waals surface area contributed by atoms with Gasteiger partial charge in [0.25, 0.3) is 0 Å². The summed E-state index contributed by atoms with van der Waals surface area (Å²) in [6, 6.07) is -0.509. The lowest BCUT2D eigenvalue weighted by molar-refractivity contribution is -0.496. The number of nitro groups is 1. The van der Waals surface area contributed by atoms with Crippen molar-refractivity contribution in [2.24, 2.45) is 0 Å². The van der Waals surface area contributed by atoms with Gasteiger partial charge in [0.2, 0.25) is 17.8 Å². The van der Waals surface area contributed by atoms with Crippen LogP contribution in [0.3, 0.4) is 0 Å². The zero-order chi connectivity index (χ0) is 9.42. The van der Waals surface area contributed by atoms with Crippen LogP contribution in [-0.4, -0.2) is 21.2 Å². The van der Waals surface area contributed by atoms with Crippen molar-refractivity contribution in [2.45, 2.75) is 31.7 Å². The Morgan fingerprint density at radius 3 is 2.92 bits per heavy atom. The van der Waals surface area contributed by atoms with E-state index in [1.54, 1.807) is 0 Å². The molecule has 0 unspecified atom stereocenters. The van der Waals surface area contributed by atoms with Gasteiger partial charge in [-0.05, 0) is 0 Å². The second-order valence-corrected chi connectivity index (χ2v) is 3.08. The fourth-order valence-corrected chi connectivity index (χ4v) is 1.24. The maximum atomic E-state index is 10.3. The molecule has 1 heterocycles.